The topological polar surface area (TPSA) is 133 Å². The zero-order valence-corrected chi connectivity index (χ0v) is 28.0. The van der Waals surface area contributed by atoms with E-state index in [1.165, 1.54) is 12.8 Å². The van der Waals surface area contributed by atoms with Crippen LogP contribution in [0.25, 0.3) is 11.4 Å². The quantitative estimate of drug-likeness (QED) is 0.0897. The molecule has 5 unspecified atom stereocenters. The summed E-state index contributed by atoms with van der Waals surface area (Å²) < 4.78 is 40.0. The highest BCUT2D eigenvalue weighted by Crippen LogP contribution is 2.31. The normalized spacial score (nSPS) is 21.2. The zero-order valence-electron chi connectivity index (χ0n) is 26.5. The van der Waals surface area contributed by atoms with Crippen molar-refractivity contribution < 1.29 is 38.3 Å². The number of phenolic OH excluding ortho intramolecular Hbond substituents is 1. The number of halogens is 2. The average Bonchev–Trinajstić information content (AvgIpc) is 3.88. The molecule has 1 aromatic carbocycles. The van der Waals surface area contributed by atoms with Crippen molar-refractivity contribution in [1.82, 2.24) is 15.0 Å². The fourth-order valence-electron chi connectivity index (χ4n) is 5.21. The predicted octanol–water partition coefficient (Wildman–Crippen LogP) is 6.20. The van der Waals surface area contributed by atoms with Gasteiger partial charge in [-0.2, -0.15) is 15.0 Å². The summed E-state index contributed by atoms with van der Waals surface area (Å²) in [5, 5.41) is 10.4. The molecule has 3 fully saturated rings. The molecule has 0 amide bonds. The van der Waals surface area contributed by atoms with Crippen molar-refractivity contribution >= 4 is 23.2 Å². The average molecular weight is 685 g/mol. The number of phenols is 1. The van der Waals surface area contributed by atoms with Crippen LogP contribution in [0.15, 0.2) is 18.2 Å². The monoisotopic (exact) mass is 683 g/mol. The second-order valence-electron chi connectivity index (χ2n) is 12.2. The van der Waals surface area contributed by atoms with Crippen LogP contribution >= 0.6 is 23.2 Å². The molecule has 0 bridgehead atoms. The number of aromatic nitrogens is 3. The first-order valence-corrected chi connectivity index (χ1v) is 17.5. The van der Waals surface area contributed by atoms with E-state index in [0.29, 0.717) is 43.8 Å². The summed E-state index contributed by atoms with van der Waals surface area (Å²) in [6.45, 7) is 5.84. The molecule has 5 atom stereocenters. The number of epoxide rings is 3. The Morgan fingerprint density at radius 3 is 1.87 bits per heavy atom. The van der Waals surface area contributed by atoms with Crippen molar-refractivity contribution in [2.75, 3.05) is 52.9 Å². The van der Waals surface area contributed by atoms with Gasteiger partial charge in [-0.15, -0.1) is 0 Å². The number of hydrogen-bond acceptors (Lipinski definition) is 11. The molecule has 3 aliphatic heterocycles. The highest BCUT2D eigenvalue weighted by atomic mass is 35.5. The van der Waals surface area contributed by atoms with Gasteiger partial charge in [-0.05, 0) is 73.9 Å². The first-order valence-electron chi connectivity index (χ1n) is 16.7. The van der Waals surface area contributed by atoms with Crippen LogP contribution in [0.5, 0.6) is 11.5 Å². The molecule has 3 saturated heterocycles. The van der Waals surface area contributed by atoms with Gasteiger partial charge in [0.05, 0.1) is 64.0 Å². The molecule has 13 heteroatoms. The molecule has 0 aliphatic carbocycles. The molecule has 2 aromatic rings. The highest BCUT2D eigenvalue weighted by molar-refractivity contribution is 6.31. The minimum atomic E-state index is -0.0335. The molecule has 1 aromatic heterocycles. The van der Waals surface area contributed by atoms with Crippen LogP contribution in [0.2, 0.25) is 10.6 Å². The van der Waals surface area contributed by atoms with E-state index in [-0.39, 0.29) is 46.6 Å². The standard InChI is InChI=1S/C33H47Cl2N3O8/c34-32-36-31(37-33(35)38-32)29-13-12-25(16-30(29)39)41-15-6-4-2-1-3-5-8-23(42-19-27-21-45-27)10-11-24(43-20-28-22-46-28)9-7-14-40-17-26-18-44-26/h12-13,16,23-24,26-28,39H,1-11,14-15,17-22H2. The van der Waals surface area contributed by atoms with E-state index in [1.807, 2.05) is 0 Å². The van der Waals surface area contributed by atoms with Gasteiger partial charge in [0.1, 0.15) is 29.8 Å². The van der Waals surface area contributed by atoms with Gasteiger partial charge < -0.3 is 38.3 Å². The van der Waals surface area contributed by atoms with Gasteiger partial charge in [-0.3, -0.25) is 0 Å². The third-order valence-electron chi connectivity index (χ3n) is 8.15. The Labute approximate surface area is 281 Å². The van der Waals surface area contributed by atoms with Crippen molar-refractivity contribution in [2.24, 2.45) is 0 Å². The lowest BCUT2D eigenvalue weighted by molar-refractivity contribution is -0.00578. The predicted molar refractivity (Wildman–Crippen MR) is 173 cm³/mol. The maximum absolute atomic E-state index is 10.4. The van der Waals surface area contributed by atoms with Crippen molar-refractivity contribution in [1.29, 1.82) is 0 Å². The summed E-state index contributed by atoms with van der Waals surface area (Å²) in [5.41, 5.74) is 0.407. The summed E-state index contributed by atoms with van der Waals surface area (Å²) in [6, 6.07) is 5.00. The van der Waals surface area contributed by atoms with E-state index in [2.05, 4.69) is 15.0 Å². The summed E-state index contributed by atoms with van der Waals surface area (Å²) >= 11 is 11.7. The molecule has 3 aliphatic rings. The number of hydrogen-bond donors (Lipinski definition) is 1. The molecule has 46 heavy (non-hydrogen) atoms. The highest BCUT2D eigenvalue weighted by Gasteiger charge is 2.27. The lowest BCUT2D eigenvalue weighted by Gasteiger charge is -2.22. The molecule has 11 nitrogen and oxygen atoms in total. The van der Waals surface area contributed by atoms with Crippen LogP contribution in [-0.4, -0.2) is 103 Å². The molecule has 0 radical (unpaired) electrons. The Hall–Kier alpha value is -1.83. The minimum absolute atomic E-state index is 0.0108. The summed E-state index contributed by atoms with van der Waals surface area (Å²) in [5.74, 6) is 0.780. The van der Waals surface area contributed by atoms with E-state index in [1.54, 1.807) is 18.2 Å². The third-order valence-corrected chi connectivity index (χ3v) is 8.49. The van der Waals surface area contributed by atoms with Crippen LogP contribution in [0.4, 0.5) is 0 Å². The third kappa shape index (κ3) is 14.1. The maximum atomic E-state index is 10.4. The minimum Gasteiger partial charge on any atom is -0.507 e. The maximum Gasteiger partial charge on any atom is 0.227 e. The lowest BCUT2D eigenvalue weighted by atomic mass is 10.0. The molecule has 256 valence electrons. The van der Waals surface area contributed by atoms with Gasteiger partial charge in [-0.1, -0.05) is 32.1 Å². The van der Waals surface area contributed by atoms with Crippen LogP contribution in [0.3, 0.4) is 0 Å². The Kier molecular flexibility index (Phi) is 14.8. The van der Waals surface area contributed by atoms with Crippen LogP contribution in [-0.2, 0) is 28.4 Å². The fourth-order valence-corrected chi connectivity index (χ4v) is 5.57. The van der Waals surface area contributed by atoms with Crippen LogP contribution in [0.1, 0.15) is 70.6 Å². The lowest BCUT2D eigenvalue weighted by Crippen LogP contribution is -2.22. The Morgan fingerprint density at radius 1 is 0.696 bits per heavy atom. The van der Waals surface area contributed by atoms with Gasteiger partial charge >= 0.3 is 0 Å². The number of ether oxygens (including phenoxy) is 7. The van der Waals surface area contributed by atoms with E-state index in [0.717, 1.165) is 84.2 Å². The molecule has 0 saturated carbocycles. The SMILES string of the molecule is Oc1cc(OCCCCCCCCC(CCC(CCCOCC2CO2)OCC2CO2)OCC2CO2)ccc1-c1nc(Cl)nc(Cl)n1. The van der Waals surface area contributed by atoms with Crippen LogP contribution in [0, 0.1) is 0 Å². The summed E-state index contributed by atoms with van der Waals surface area (Å²) in [4.78, 5) is 11.8. The van der Waals surface area contributed by atoms with Gasteiger partial charge in [0, 0.05) is 12.7 Å². The van der Waals surface area contributed by atoms with Crippen molar-refractivity contribution in [3.05, 3.63) is 28.8 Å². The molecule has 4 heterocycles. The van der Waals surface area contributed by atoms with E-state index >= 15 is 0 Å². The first-order chi connectivity index (χ1) is 22.5. The van der Waals surface area contributed by atoms with E-state index in [4.69, 9.17) is 56.4 Å². The second-order valence-corrected chi connectivity index (χ2v) is 12.9. The van der Waals surface area contributed by atoms with E-state index < -0.39 is 0 Å². The molecule has 1 N–H and O–H groups in total. The first kappa shape index (κ1) is 35.5. The number of unbranched alkanes of at least 4 members (excludes halogenated alkanes) is 5. The van der Waals surface area contributed by atoms with Gasteiger partial charge in [-0.25, -0.2) is 0 Å². The smallest absolute Gasteiger partial charge is 0.227 e. The molecule has 0 spiro atoms. The Morgan fingerprint density at radius 2 is 1.26 bits per heavy atom. The molecule has 5 rings (SSSR count). The number of aromatic hydroxyl groups is 1. The fraction of sp³-hybridized carbons (Fsp3) is 0.727. The summed E-state index contributed by atoms with van der Waals surface area (Å²) in [6.07, 6.45) is 13.0. The van der Waals surface area contributed by atoms with Crippen molar-refractivity contribution in [2.45, 2.75) is 101 Å². The zero-order chi connectivity index (χ0) is 32.0. The van der Waals surface area contributed by atoms with E-state index in [9.17, 15) is 5.11 Å². The Balaban J connectivity index is 0.930. The van der Waals surface area contributed by atoms with Gasteiger partial charge in [0.2, 0.25) is 10.6 Å². The van der Waals surface area contributed by atoms with Crippen molar-refractivity contribution in [3.63, 3.8) is 0 Å². The van der Waals surface area contributed by atoms with Crippen LogP contribution < -0.4 is 4.74 Å². The number of nitrogens with zero attached hydrogens (tertiary/aromatic N) is 3. The molecular formula is C33H47Cl2N3O8. The second kappa shape index (κ2) is 19.2. The van der Waals surface area contributed by atoms with Gasteiger partial charge in [0.25, 0.3) is 0 Å². The number of rotatable bonds is 26. The summed E-state index contributed by atoms with van der Waals surface area (Å²) in [7, 11) is 0. The Bertz CT molecular complexity index is 1170. The molecular weight excluding hydrogens is 637 g/mol. The van der Waals surface area contributed by atoms with Crippen molar-refractivity contribution in [3.8, 4) is 22.9 Å². The largest absolute Gasteiger partial charge is 0.507 e. The van der Waals surface area contributed by atoms with Gasteiger partial charge in [0.15, 0.2) is 5.82 Å². The number of benzene rings is 1.